The quantitative estimate of drug-likeness (QED) is 0.900. The van der Waals surface area contributed by atoms with Crippen molar-refractivity contribution < 1.29 is 4.39 Å². The van der Waals surface area contributed by atoms with Crippen molar-refractivity contribution in [1.82, 2.24) is 9.97 Å². The topological polar surface area (TPSA) is 37.8 Å². The molecule has 1 fully saturated rings. The van der Waals surface area contributed by atoms with Crippen molar-refractivity contribution in [2.45, 2.75) is 32.6 Å². The van der Waals surface area contributed by atoms with Crippen LogP contribution in [-0.2, 0) is 0 Å². The van der Waals surface area contributed by atoms with E-state index < -0.39 is 0 Å². The normalized spacial score (nSPS) is 14.3. The Morgan fingerprint density at radius 3 is 2.71 bits per heavy atom. The molecule has 110 valence electrons. The summed E-state index contributed by atoms with van der Waals surface area (Å²) in [5.74, 6) is 1.79. The molecule has 5 heteroatoms. The van der Waals surface area contributed by atoms with E-state index in [1.165, 1.54) is 12.1 Å². The average Bonchev–Trinajstić information content (AvgIpc) is 3.26. The van der Waals surface area contributed by atoms with E-state index in [9.17, 15) is 4.39 Å². The van der Waals surface area contributed by atoms with Gasteiger partial charge in [0.1, 0.15) is 17.5 Å². The van der Waals surface area contributed by atoms with Gasteiger partial charge in [0.05, 0.1) is 10.7 Å². The fourth-order valence-electron chi connectivity index (χ4n) is 2.34. The van der Waals surface area contributed by atoms with E-state index in [2.05, 4.69) is 15.3 Å². The summed E-state index contributed by atoms with van der Waals surface area (Å²) < 4.78 is 13.3. The number of hydrogen-bond acceptors (Lipinski definition) is 3. The van der Waals surface area contributed by atoms with E-state index in [-0.39, 0.29) is 5.82 Å². The number of anilines is 1. The molecule has 2 aromatic rings. The molecule has 1 aromatic heterocycles. The van der Waals surface area contributed by atoms with Gasteiger partial charge in [-0.05, 0) is 44.9 Å². The number of halogens is 2. The minimum Gasteiger partial charge on any atom is -0.370 e. The molecule has 1 saturated carbocycles. The van der Waals surface area contributed by atoms with Gasteiger partial charge in [-0.1, -0.05) is 11.6 Å². The summed E-state index contributed by atoms with van der Waals surface area (Å²) in [5, 5.41) is 3.65. The summed E-state index contributed by atoms with van der Waals surface area (Å²) in [6.07, 6.45) is 2.26. The second-order valence-electron chi connectivity index (χ2n) is 5.33. The fraction of sp³-hybridized carbons (Fsp3) is 0.375. The largest absolute Gasteiger partial charge is 0.370 e. The first-order chi connectivity index (χ1) is 10.1. The third-order valence-corrected chi connectivity index (χ3v) is 3.95. The number of aromatic nitrogens is 2. The predicted octanol–water partition coefficient (Wildman–Crippen LogP) is 4.55. The first kappa shape index (κ1) is 14.3. The monoisotopic (exact) mass is 305 g/mol. The molecule has 0 radical (unpaired) electrons. The number of benzene rings is 1. The second-order valence-corrected chi connectivity index (χ2v) is 5.74. The van der Waals surface area contributed by atoms with Crippen molar-refractivity contribution in [2.75, 3.05) is 11.9 Å². The molecular formula is C16H17ClFN3. The molecule has 0 bridgehead atoms. The maximum Gasteiger partial charge on any atom is 0.134 e. The summed E-state index contributed by atoms with van der Waals surface area (Å²) in [7, 11) is 0. The van der Waals surface area contributed by atoms with Crippen LogP contribution in [0.25, 0.3) is 11.3 Å². The van der Waals surface area contributed by atoms with Gasteiger partial charge in [-0.25, -0.2) is 14.4 Å². The summed E-state index contributed by atoms with van der Waals surface area (Å²) in [6.45, 7) is 4.78. The molecule has 21 heavy (non-hydrogen) atoms. The van der Waals surface area contributed by atoms with Gasteiger partial charge in [0, 0.05) is 23.6 Å². The summed E-state index contributed by atoms with van der Waals surface area (Å²) >= 11 is 6.19. The number of hydrogen-bond donors (Lipinski definition) is 1. The zero-order chi connectivity index (χ0) is 15.0. The molecule has 1 heterocycles. The van der Waals surface area contributed by atoms with Gasteiger partial charge >= 0.3 is 0 Å². The average molecular weight is 306 g/mol. The fourth-order valence-corrected chi connectivity index (χ4v) is 2.60. The lowest BCUT2D eigenvalue weighted by atomic mass is 10.1. The van der Waals surface area contributed by atoms with Crippen LogP contribution in [-0.4, -0.2) is 16.5 Å². The maximum absolute atomic E-state index is 13.3. The lowest BCUT2D eigenvalue weighted by molar-refractivity contribution is 0.628. The molecule has 1 aliphatic carbocycles. The number of nitrogens with zero attached hydrogens (tertiary/aromatic N) is 2. The van der Waals surface area contributed by atoms with Crippen LogP contribution in [0.15, 0.2) is 18.2 Å². The Bertz CT molecular complexity index is 683. The third kappa shape index (κ3) is 2.86. The highest BCUT2D eigenvalue weighted by Crippen LogP contribution is 2.41. The molecule has 0 atom stereocenters. The van der Waals surface area contributed by atoms with Crippen LogP contribution in [0.3, 0.4) is 0 Å². The highest BCUT2D eigenvalue weighted by atomic mass is 35.5. The first-order valence-corrected chi connectivity index (χ1v) is 7.55. The zero-order valence-electron chi connectivity index (χ0n) is 12.1. The van der Waals surface area contributed by atoms with E-state index in [0.29, 0.717) is 10.9 Å². The lowest BCUT2D eigenvalue weighted by Crippen LogP contribution is -2.07. The molecule has 1 aliphatic rings. The van der Waals surface area contributed by atoms with Gasteiger partial charge < -0.3 is 5.32 Å². The van der Waals surface area contributed by atoms with Gasteiger partial charge in [-0.15, -0.1) is 0 Å². The van der Waals surface area contributed by atoms with Gasteiger partial charge in [-0.2, -0.15) is 0 Å². The van der Waals surface area contributed by atoms with Crippen molar-refractivity contribution >= 4 is 17.4 Å². The highest BCUT2D eigenvalue weighted by Gasteiger charge is 2.28. The first-order valence-electron chi connectivity index (χ1n) is 7.18. The van der Waals surface area contributed by atoms with Gasteiger partial charge in [0.2, 0.25) is 0 Å². The predicted molar refractivity (Wildman–Crippen MR) is 83.3 cm³/mol. The minimum atomic E-state index is -0.343. The SMILES string of the molecule is CCNc1nc(C2CC2)nc(-c2ccc(F)cc2Cl)c1C. The van der Waals surface area contributed by atoms with Crippen molar-refractivity contribution in [3.63, 3.8) is 0 Å². The molecular weight excluding hydrogens is 289 g/mol. The molecule has 1 N–H and O–H groups in total. The van der Waals surface area contributed by atoms with E-state index >= 15 is 0 Å². The Labute approximate surface area is 128 Å². The Kier molecular flexibility index (Phi) is 3.81. The van der Waals surface area contributed by atoms with Crippen LogP contribution >= 0.6 is 11.6 Å². The number of rotatable bonds is 4. The Balaban J connectivity index is 2.15. The number of nitrogens with one attached hydrogen (secondary N) is 1. The molecule has 0 amide bonds. The van der Waals surface area contributed by atoms with E-state index in [1.54, 1.807) is 6.07 Å². The Morgan fingerprint density at radius 1 is 1.33 bits per heavy atom. The van der Waals surface area contributed by atoms with Gasteiger partial charge in [0.25, 0.3) is 0 Å². The van der Waals surface area contributed by atoms with Crippen molar-refractivity contribution in [3.8, 4) is 11.3 Å². The van der Waals surface area contributed by atoms with Crippen LogP contribution in [0.4, 0.5) is 10.2 Å². The maximum atomic E-state index is 13.3. The van der Waals surface area contributed by atoms with Crippen LogP contribution < -0.4 is 5.32 Å². The molecule has 0 unspecified atom stereocenters. The smallest absolute Gasteiger partial charge is 0.134 e. The third-order valence-electron chi connectivity index (χ3n) is 3.64. The Hall–Kier alpha value is -1.68. The summed E-state index contributed by atoms with van der Waals surface area (Å²) in [4.78, 5) is 9.30. The van der Waals surface area contributed by atoms with Crippen molar-refractivity contribution in [2.24, 2.45) is 0 Å². The standard InChI is InChI=1S/C16H17ClFN3/c1-3-19-15-9(2)14(20-16(21-15)10-4-5-10)12-7-6-11(18)8-13(12)17/h6-8,10H,3-5H2,1-2H3,(H,19,20,21). The molecule has 1 aromatic carbocycles. The van der Waals surface area contributed by atoms with Gasteiger partial charge in [0.15, 0.2) is 0 Å². The van der Waals surface area contributed by atoms with Crippen molar-refractivity contribution in [3.05, 3.63) is 40.4 Å². The molecule has 0 aliphatic heterocycles. The molecule has 3 rings (SSSR count). The highest BCUT2D eigenvalue weighted by molar-refractivity contribution is 6.33. The second kappa shape index (κ2) is 5.60. The zero-order valence-corrected chi connectivity index (χ0v) is 12.8. The van der Waals surface area contributed by atoms with Crippen LogP contribution in [0.2, 0.25) is 5.02 Å². The molecule has 3 nitrogen and oxygen atoms in total. The van der Waals surface area contributed by atoms with Crippen LogP contribution in [0.5, 0.6) is 0 Å². The van der Waals surface area contributed by atoms with E-state index in [4.69, 9.17) is 11.6 Å². The summed E-state index contributed by atoms with van der Waals surface area (Å²) in [6, 6.07) is 4.41. The summed E-state index contributed by atoms with van der Waals surface area (Å²) in [5.41, 5.74) is 2.47. The van der Waals surface area contributed by atoms with E-state index in [0.717, 1.165) is 47.8 Å². The van der Waals surface area contributed by atoms with E-state index in [1.807, 2.05) is 13.8 Å². The molecule has 0 saturated heterocycles. The molecule has 0 spiro atoms. The van der Waals surface area contributed by atoms with Gasteiger partial charge in [-0.3, -0.25) is 0 Å². The Morgan fingerprint density at radius 2 is 2.10 bits per heavy atom. The lowest BCUT2D eigenvalue weighted by Gasteiger charge is -2.14. The minimum absolute atomic E-state index is 0.343. The van der Waals surface area contributed by atoms with Crippen LogP contribution in [0, 0.1) is 12.7 Å². The van der Waals surface area contributed by atoms with Crippen LogP contribution in [0.1, 0.15) is 37.1 Å². The van der Waals surface area contributed by atoms with Crippen molar-refractivity contribution in [1.29, 1.82) is 0 Å².